The fourth-order valence-corrected chi connectivity index (χ4v) is 4.64. The summed E-state index contributed by atoms with van der Waals surface area (Å²) in [7, 11) is 0. The number of benzene rings is 1. The number of nitrogen functional groups attached to an aromatic ring is 1. The molecule has 1 unspecified atom stereocenters. The summed E-state index contributed by atoms with van der Waals surface area (Å²) in [4.78, 5) is 15.9. The number of thioether (sulfide) groups is 1. The molecule has 1 aromatic carbocycles. The Morgan fingerprint density at radius 3 is 2.84 bits per heavy atom. The molecule has 0 aliphatic carbocycles. The lowest BCUT2D eigenvalue weighted by atomic mass is 10.0. The second-order valence-corrected chi connectivity index (χ2v) is 8.65. The fourth-order valence-electron chi connectivity index (χ4n) is 3.64. The number of nitrogens with one attached hydrogen (secondary N) is 1. The van der Waals surface area contributed by atoms with E-state index in [1.807, 2.05) is 0 Å². The molecule has 32 heavy (non-hydrogen) atoms. The molecule has 168 valence electrons. The summed E-state index contributed by atoms with van der Waals surface area (Å²) in [6.45, 7) is 4.19. The number of hydrogen-bond acceptors (Lipinski definition) is 6. The number of carboxylic acid groups (broad SMARTS) is 1. The van der Waals surface area contributed by atoms with E-state index in [0.29, 0.717) is 32.6 Å². The van der Waals surface area contributed by atoms with Crippen molar-refractivity contribution in [3.8, 4) is 11.1 Å². The Balaban J connectivity index is 0.000000354. The number of pyridine rings is 1. The molecule has 5 rings (SSSR count). The quantitative estimate of drug-likeness (QED) is 0.365. The van der Waals surface area contributed by atoms with Crippen LogP contribution in [0.5, 0.6) is 0 Å². The molecule has 3 aromatic heterocycles. The van der Waals surface area contributed by atoms with Gasteiger partial charge in [-0.3, -0.25) is 9.50 Å². The molecule has 0 spiro atoms. The number of aromatic amines is 1. The first-order valence-corrected chi connectivity index (χ1v) is 11.4. The number of aromatic carboxylic acids is 1. The summed E-state index contributed by atoms with van der Waals surface area (Å²) in [6.07, 6.45) is 6.09. The largest absolute Gasteiger partial charge is 0.476 e. The first-order chi connectivity index (χ1) is 15.3. The maximum Gasteiger partial charge on any atom is 0.356 e. The molecule has 8 nitrogen and oxygen atoms in total. The van der Waals surface area contributed by atoms with Crippen LogP contribution in [0.1, 0.15) is 23.8 Å². The predicted molar refractivity (Wildman–Crippen MR) is 123 cm³/mol. The minimum atomic E-state index is -1.21. The zero-order valence-corrected chi connectivity index (χ0v) is 18.9. The summed E-state index contributed by atoms with van der Waals surface area (Å²) in [5.74, 6) is -1.05. The smallest absolute Gasteiger partial charge is 0.356 e. The Kier molecular flexibility index (Phi) is 6.27. The maximum absolute atomic E-state index is 14.7. The summed E-state index contributed by atoms with van der Waals surface area (Å²) in [6, 6.07) is 3.28. The number of nitrogens with zero attached hydrogens (tertiary/aromatic N) is 3. The van der Waals surface area contributed by atoms with E-state index in [1.54, 1.807) is 24.6 Å². The van der Waals surface area contributed by atoms with Crippen molar-refractivity contribution >= 4 is 51.7 Å². The number of carboxylic acids is 1. The van der Waals surface area contributed by atoms with Gasteiger partial charge in [-0.05, 0) is 30.7 Å². The lowest BCUT2D eigenvalue weighted by molar-refractivity contribution is 0.0690. The number of nitrogens with two attached hydrogens (primary N) is 1. The molecule has 1 atom stereocenters. The van der Waals surface area contributed by atoms with Gasteiger partial charge < -0.3 is 15.6 Å². The van der Waals surface area contributed by atoms with Crippen LogP contribution in [-0.4, -0.2) is 50.1 Å². The number of aromatic nitrogens is 4. The zero-order chi connectivity index (χ0) is 23.0. The van der Waals surface area contributed by atoms with Crippen LogP contribution in [0.25, 0.3) is 27.7 Å². The van der Waals surface area contributed by atoms with Crippen LogP contribution in [0.2, 0.25) is 5.02 Å². The van der Waals surface area contributed by atoms with Gasteiger partial charge in [-0.2, -0.15) is 5.10 Å². The summed E-state index contributed by atoms with van der Waals surface area (Å²) < 4.78 is 21.1. The molecular weight excluding hydrogens is 457 g/mol. The zero-order valence-electron chi connectivity index (χ0n) is 17.4. The highest BCUT2D eigenvalue weighted by Crippen LogP contribution is 2.42. The topological polar surface area (TPSA) is 119 Å². The lowest BCUT2D eigenvalue weighted by Gasteiger charge is -2.11. The van der Waals surface area contributed by atoms with Crippen molar-refractivity contribution in [2.24, 2.45) is 5.92 Å². The second-order valence-electron chi connectivity index (χ2n) is 7.46. The molecule has 0 amide bonds. The Morgan fingerprint density at radius 1 is 1.47 bits per heavy atom. The minimum absolute atomic E-state index is 0.0624. The van der Waals surface area contributed by atoms with Crippen molar-refractivity contribution < 1.29 is 19.0 Å². The summed E-state index contributed by atoms with van der Waals surface area (Å²) in [5.41, 5.74) is 7.35. The SMILES string of the molecule is CC1CCOC1.CSc1c(F)c(Cl)c(-c2ccc3nc(N)c(C(=O)O)n3c2)c2cn[nH]c12. The molecule has 1 aliphatic heterocycles. The molecule has 1 aliphatic rings. The number of H-pyrrole nitrogens is 1. The molecule has 11 heteroatoms. The van der Waals surface area contributed by atoms with Crippen molar-refractivity contribution in [1.82, 2.24) is 19.6 Å². The summed E-state index contributed by atoms with van der Waals surface area (Å²) in [5, 5.41) is 16.7. The Labute approximate surface area is 191 Å². The van der Waals surface area contributed by atoms with Crippen LogP contribution >= 0.6 is 23.4 Å². The van der Waals surface area contributed by atoms with E-state index in [4.69, 9.17) is 22.1 Å². The van der Waals surface area contributed by atoms with E-state index >= 15 is 0 Å². The van der Waals surface area contributed by atoms with Gasteiger partial charge in [-0.1, -0.05) is 18.5 Å². The molecule has 1 saturated heterocycles. The Hall–Kier alpha value is -2.82. The first kappa shape index (κ1) is 22.4. The maximum atomic E-state index is 14.7. The van der Waals surface area contributed by atoms with Crippen molar-refractivity contribution in [1.29, 1.82) is 0 Å². The molecule has 1 fully saturated rings. The number of halogens is 2. The number of ether oxygens (including phenoxy) is 1. The van der Waals surface area contributed by atoms with E-state index in [-0.39, 0.29) is 16.5 Å². The second kappa shape index (κ2) is 8.97. The molecule has 0 saturated carbocycles. The van der Waals surface area contributed by atoms with Gasteiger partial charge in [-0.15, -0.1) is 11.8 Å². The van der Waals surface area contributed by atoms with E-state index in [9.17, 15) is 14.3 Å². The third-order valence-electron chi connectivity index (χ3n) is 5.25. The van der Waals surface area contributed by atoms with Gasteiger partial charge in [0, 0.05) is 35.9 Å². The van der Waals surface area contributed by atoms with Gasteiger partial charge in [0.1, 0.15) is 5.65 Å². The van der Waals surface area contributed by atoms with Crippen molar-refractivity contribution in [3.05, 3.63) is 41.1 Å². The number of hydrogen-bond donors (Lipinski definition) is 3. The highest BCUT2D eigenvalue weighted by Gasteiger charge is 2.22. The highest BCUT2D eigenvalue weighted by molar-refractivity contribution is 7.98. The van der Waals surface area contributed by atoms with Crippen molar-refractivity contribution in [3.63, 3.8) is 0 Å². The van der Waals surface area contributed by atoms with Crippen LogP contribution in [-0.2, 0) is 4.74 Å². The van der Waals surface area contributed by atoms with Crippen molar-refractivity contribution in [2.75, 3.05) is 25.2 Å². The Bertz CT molecular complexity index is 1320. The average Bonchev–Trinajstić information content (AvgIpc) is 3.48. The van der Waals surface area contributed by atoms with E-state index < -0.39 is 11.8 Å². The highest BCUT2D eigenvalue weighted by atomic mass is 35.5. The van der Waals surface area contributed by atoms with E-state index in [0.717, 1.165) is 19.1 Å². The minimum Gasteiger partial charge on any atom is -0.476 e. The van der Waals surface area contributed by atoms with Crippen LogP contribution in [0.4, 0.5) is 10.2 Å². The van der Waals surface area contributed by atoms with Gasteiger partial charge in [0.2, 0.25) is 0 Å². The molecule has 0 radical (unpaired) electrons. The molecule has 0 bridgehead atoms. The third kappa shape index (κ3) is 3.89. The monoisotopic (exact) mass is 477 g/mol. The lowest BCUT2D eigenvalue weighted by Crippen LogP contribution is -2.05. The molecule has 4 N–H and O–H groups in total. The standard InChI is InChI=1S/C16H11ClFN5O2S.C5H10O/c1-26-14-11(18)10(17)9(7-4-20-22-12(7)14)6-2-3-8-21-15(19)13(16(24)25)23(8)5-6;1-5-2-3-6-4-5/h2-5H,19H2,1H3,(H,20,22)(H,24,25);5H,2-4H2,1H3. The summed E-state index contributed by atoms with van der Waals surface area (Å²) >= 11 is 7.53. The van der Waals surface area contributed by atoms with E-state index in [2.05, 4.69) is 22.1 Å². The van der Waals surface area contributed by atoms with Gasteiger partial charge in [-0.25, -0.2) is 14.2 Å². The van der Waals surface area contributed by atoms with Crippen LogP contribution in [0.3, 0.4) is 0 Å². The Morgan fingerprint density at radius 2 is 2.25 bits per heavy atom. The van der Waals surface area contributed by atoms with E-state index in [1.165, 1.54) is 28.8 Å². The van der Waals surface area contributed by atoms with Crippen LogP contribution in [0.15, 0.2) is 29.4 Å². The third-order valence-corrected chi connectivity index (χ3v) is 6.39. The van der Waals surface area contributed by atoms with Gasteiger partial charge in [0.25, 0.3) is 0 Å². The number of imidazole rings is 1. The molecule has 4 heterocycles. The molecule has 4 aromatic rings. The van der Waals surface area contributed by atoms with Gasteiger partial charge in [0.15, 0.2) is 17.3 Å². The number of anilines is 1. The number of carbonyl (C=O) groups is 1. The van der Waals surface area contributed by atoms with Gasteiger partial charge >= 0.3 is 5.97 Å². The number of rotatable bonds is 3. The number of fused-ring (bicyclic) bond motifs is 2. The van der Waals surface area contributed by atoms with Crippen molar-refractivity contribution in [2.45, 2.75) is 18.2 Å². The van der Waals surface area contributed by atoms with Gasteiger partial charge in [0.05, 0.1) is 21.6 Å². The van der Waals surface area contributed by atoms with Crippen LogP contribution < -0.4 is 5.73 Å². The average molecular weight is 478 g/mol. The first-order valence-electron chi connectivity index (χ1n) is 9.80. The van der Waals surface area contributed by atoms with Crippen LogP contribution in [0, 0.1) is 11.7 Å². The fraction of sp³-hybridized carbons (Fsp3) is 0.286. The predicted octanol–water partition coefficient (Wildman–Crippen LogP) is 4.72. The molecular formula is C21H21ClFN5O3S. The normalized spacial score (nSPS) is 15.8.